The van der Waals surface area contributed by atoms with Gasteiger partial charge in [-0.15, -0.1) is 0 Å². The van der Waals surface area contributed by atoms with Crippen LogP contribution in [0.3, 0.4) is 0 Å². The van der Waals surface area contributed by atoms with Crippen LogP contribution in [0.1, 0.15) is 39.5 Å². The van der Waals surface area contributed by atoms with Gasteiger partial charge in [0.15, 0.2) is 6.10 Å². The van der Waals surface area contributed by atoms with Gasteiger partial charge in [0.2, 0.25) is 0 Å². The summed E-state index contributed by atoms with van der Waals surface area (Å²) < 4.78 is 10.4. The quantitative estimate of drug-likeness (QED) is 0.414. The van der Waals surface area contributed by atoms with Crippen molar-refractivity contribution in [2.24, 2.45) is 5.92 Å². The highest BCUT2D eigenvalue weighted by Gasteiger charge is 2.28. The highest BCUT2D eigenvalue weighted by atomic mass is 16.6. The number of hydrogen-bond donors (Lipinski definition) is 0. The number of esters is 1. The fourth-order valence-corrected chi connectivity index (χ4v) is 2.06. The van der Waals surface area contributed by atoms with Crippen molar-refractivity contribution in [3.8, 4) is 0 Å². The molecule has 0 saturated heterocycles. The first-order valence-electron chi connectivity index (χ1n) is 6.45. The van der Waals surface area contributed by atoms with Gasteiger partial charge >= 0.3 is 5.97 Å². The SMILES string of the molecule is COC(=O)[C@@H]1C=C[C@@H](C)[C@@H](CCCCC(C)=O)O1. The Labute approximate surface area is 108 Å². The van der Waals surface area contributed by atoms with Crippen LogP contribution >= 0.6 is 0 Å². The van der Waals surface area contributed by atoms with Crippen molar-refractivity contribution < 1.29 is 19.1 Å². The summed E-state index contributed by atoms with van der Waals surface area (Å²) in [4.78, 5) is 22.2. The van der Waals surface area contributed by atoms with Crippen LogP contribution in [-0.4, -0.2) is 31.1 Å². The molecule has 1 rings (SSSR count). The van der Waals surface area contributed by atoms with Gasteiger partial charge in [-0.25, -0.2) is 4.79 Å². The van der Waals surface area contributed by atoms with E-state index in [1.165, 1.54) is 7.11 Å². The standard InChI is InChI=1S/C14H22O4/c1-10-8-9-13(14(16)17-3)18-12(10)7-5-4-6-11(2)15/h8-10,12-13H,4-7H2,1-3H3/t10-,12-,13+/m1/s1. The van der Waals surface area contributed by atoms with Crippen LogP contribution in [-0.2, 0) is 19.1 Å². The summed E-state index contributed by atoms with van der Waals surface area (Å²) in [5.41, 5.74) is 0. The molecule has 0 N–H and O–H groups in total. The third kappa shape index (κ3) is 4.61. The normalized spacial score (nSPS) is 26.9. The molecule has 0 aromatic carbocycles. The Morgan fingerprint density at radius 2 is 2.00 bits per heavy atom. The molecule has 4 nitrogen and oxygen atoms in total. The van der Waals surface area contributed by atoms with Crippen LogP contribution in [0.25, 0.3) is 0 Å². The van der Waals surface area contributed by atoms with Gasteiger partial charge in [0.25, 0.3) is 0 Å². The predicted molar refractivity (Wildman–Crippen MR) is 68.1 cm³/mol. The Morgan fingerprint density at radius 3 is 2.61 bits per heavy atom. The Bertz CT molecular complexity index is 322. The van der Waals surface area contributed by atoms with Gasteiger partial charge in [-0.3, -0.25) is 0 Å². The van der Waals surface area contributed by atoms with Gasteiger partial charge in [0, 0.05) is 12.3 Å². The van der Waals surface area contributed by atoms with Crippen molar-refractivity contribution in [2.45, 2.75) is 51.7 Å². The van der Waals surface area contributed by atoms with Gasteiger partial charge in [0.05, 0.1) is 13.2 Å². The number of hydrogen-bond acceptors (Lipinski definition) is 4. The minimum atomic E-state index is -0.580. The second-order valence-electron chi connectivity index (χ2n) is 4.81. The van der Waals surface area contributed by atoms with Gasteiger partial charge in [-0.2, -0.15) is 0 Å². The summed E-state index contributed by atoms with van der Waals surface area (Å²) in [6.45, 7) is 3.68. The average Bonchev–Trinajstić information content (AvgIpc) is 2.35. The van der Waals surface area contributed by atoms with E-state index >= 15 is 0 Å². The first kappa shape index (κ1) is 14.9. The number of carbonyl (C=O) groups is 2. The maximum atomic E-state index is 11.4. The van der Waals surface area contributed by atoms with Crippen molar-refractivity contribution >= 4 is 11.8 Å². The summed E-state index contributed by atoms with van der Waals surface area (Å²) in [5, 5.41) is 0. The highest BCUT2D eigenvalue weighted by molar-refractivity contribution is 5.77. The molecule has 102 valence electrons. The van der Waals surface area contributed by atoms with Crippen molar-refractivity contribution in [3.05, 3.63) is 12.2 Å². The molecular weight excluding hydrogens is 232 g/mol. The summed E-state index contributed by atoms with van der Waals surface area (Å²) in [6, 6.07) is 0. The topological polar surface area (TPSA) is 52.6 Å². The number of Topliss-reactive ketones (excluding diaryl/α,β-unsaturated/α-hetero) is 1. The van der Waals surface area contributed by atoms with E-state index in [0.29, 0.717) is 12.3 Å². The van der Waals surface area contributed by atoms with E-state index in [1.54, 1.807) is 13.0 Å². The molecule has 0 aromatic rings. The molecular formula is C14H22O4. The summed E-state index contributed by atoms with van der Waals surface area (Å²) in [6.07, 6.45) is 6.52. The largest absolute Gasteiger partial charge is 0.467 e. The third-order valence-corrected chi connectivity index (χ3v) is 3.20. The Kier molecular flexibility index (Phi) is 6.05. The lowest BCUT2D eigenvalue weighted by Gasteiger charge is -2.29. The Morgan fingerprint density at radius 1 is 1.28 bits per heavy atom. The maximum absolute atomic E-state index is 11.4. The molecule has 0 radical (unpaired) electrons. The molecule has 0 amide bonds. The van der Waals surface area contributed by atoms with Crippen LogP contribution in [0.2, 0.25) is 0 Å². The zero-order valence-corrected chi connectivity index (χ0v) is 11.3. The maximum Gasteiger partial charge on any atom is 0.339 e. The molecule has 1 aliphatic heterocycles. The van der Waals surface area contributed by atoms with Crippen LogP contribution in [0.4, 0.5) is 0 Å². The summed E-state index contributed by atoms with van der Waals surface area (Å²) in [7, 11) is 1.36. The highest BCUT2D eigenvalue weighted by Crippen LogP contribution is 2.23. The molecule has 0 spiro atoms. The van der Waals surface area contributed by atoms with Gasteiger partial charge < -0.3 is 14.3 Å². The van der Waals surface area contributed by atoms with Crippen LogP contribution in [0.5, 0.6) is 0 Å². The molecule has 0 bridgehead atoms. The molecule has 3 atom stereocenters. The fourth-order valence-electron chi connectivity index (χ4n) is 2.06. The lowest BCUT2D eigenvalue weighted by Crippen LogP contribution is -2.35. The Hall–Kier alpha value is -1.16. The van der Waals surface area contributed by atoms with Crippen molar-refractivity contribution in [1.29, 1.82) is 0 Å². The van der Waals surface area contributed by atoms with Gasteiger partial charge in [-0.1, -0.05) is 19.4 Å². The molecule has 0 aromatic heterocycles. The van der Waals surface area contributed by atoms with Crippen molar-refractivity contribution in [2.75, 3.05) is 7.11 Å². The molecule has 1 aliphatic rings. The number of methoxy groups -OCH3 is 1. The van der Waals surface area contributed by atoms with Crippen molar-refractivity contribution in [3.63, 3.8) is 0 Å². The monoisotopic (exact) mass is 254 g/mol. The van der Waals surface area contributed by atoms with E-state index in [1.807, 2.05) is 6.08 Å². The molecule has 0 unspecified atom stereocenters. The van der Waals surface area contributed by atoms with E-state index in [2.05, 4.69) is 11.7 Å². The number of ether oxygens (including phenoxy) is 2. The molecule has 1 heterocycles. The van der Waals surface area contributed by atoms with Gasteiger partial charge in [-0.05, 0) is 25.8 Å². The van der Waals surface area contributed by atoms with E-state index in [9.17, 15) is 9.59 Å². The van der Waals surface area contributed by atoms with Crippen LogP contribution < -0.4 is 0 Å². The van der Waals surface area contributed by atoms with Crippen molar-refractivity contribution in [1.82, 2.24) is 0 Å². The molecule has 0 fully saturated rings. The second-order valence-corrected chi connectivity index (χ2v) is 4.81. The number of carbonyl (C=O) groups excluding carboxylic acids is 2. The minimum Gasteiger partial charge on any atom is -0.467 e. The first-order valence-corrected chi connectivity index (χ1v) is 6.45. The van der Waals surface area contributed by atoms with Gasteiger partial charge in [0.1, 0.15) is 5.78 Å². The predicted octanol–water partition coefficient (Wildman–Crippen LogP) is 2.27. The van der Waals surface area contributed by atoms with E-state index in [-0.39, 0.29) is 17.9 Å². The second kappa shape index (κ2) is 7.31. The smallest absolute Gasteiger partial charge is 0.339 e. The Balaban J connectivity index is 2.38. The lowest BCUT2D eigenvalue weighted by atomic mass is 9.95. The average molecular weight is 254 g/mol. The molecule has 0 saturated carbocycles. The van der Waals surface area contributed by atoms with Crippen LogP contribution in [0, 0.1) is 5.92 Å². The number of unbranched alkanes of at least 4 members (excludes halogenated alkanes) is 1. The van der Waals surface area contributed by atoms with E-state index < -0.39 is 6.10 Å². The first-order chi connectivity index (χ1) is 8.54. The van der Waals surface area contributed by atoms with E-state index in [0.717, 1.165) is 19.3 Å². The molecule has 4 heteroatoms. The summed E-state index contributed by atoms with van der Waals surface area (Å²) in [5.74, 6) is 0.162. The number of ketones is 1. The summed E-state index contributed by atoms with van der Waals surface area (Å²) >= 11 is 0. The van der Waals surface area contributed by atoms with E-state index in [4.69, 9.17) is 4.74 Å². The third-order valence-electron chi connectivity index (χ3n) is 3.20. The zero-order valence-electron chi connectivity index (χ0n) is 11.3. The number of rotatable bonds is 6. The van der Waals surface area contributed by atoms with Crippen LogP contribution in [0.15, 0.2) is 12.2 Å². The fraction of sp³-hybridized carbons (Fsp3) is 0.714. The minimum absolute atomic E-state index is 0.0334. The molecule has 0 aliphatic carbocycles. The lowest BCUT2D eigenvalue weighted by molar-refractivity contribution is -0.156. The zero-order chi connectivity index (χ0) is 13.5. The molecule has 18 heavy (non-hydrogen) atoms.